The molecule has 1 aromatic carbocycles. The first kappa shape index (κ1) is 15.3. The van der Waals surface area contributed by atoms with Gasteiger partial charge in [-0.2, -0.15) is 0 Å². The highest BCUT2D eigenvalue weighted by atomic mass is 79.9. The van der Waals surface area contributed by atoms with E-state index in [2.05, 4.69) is 26.0 Å². The van der Waals surface area contributed by atoms with Gasteiger partial charge in [0.05, 0.1) is 11.1 Å². The van der Waals surface area contributed by atoms with Crippen molar-refractivity contribution < 1.29 is 22.6 Å². The molecular formula is C11H13BrF3NO2. The van der Waals surface area contributed by atoms with Crippen molar-refractivity contribution in [2.24, 2.45) is 0 Å². The lowest BCUT2D eigenvalue weighted by molar-refractivity contribution is -0.274. The topological polar surface area (TPSA) is 30.5 Å². The smallest absolute Gasteiger partial charge is 0.405 e. The zero-order valence-electron chi connectivity index (χ0n) is 9.68. The van der Waals surface area contributed by atoms with Crippen molar-refractivity contribution in [1.29, 1.82) is 0 Å². The third-order valence-electron chi connectivity index (χ3n) is 2.03. The van der Waals surface area contributed by atoms with E-state index in [1.54, 1.807) is 19.2 Å². The van der Waals surface area contributed by atoms with Gasteiger partial charge < -0.3 is 14.8 Å². The number of nitrogens with one attached hydrogen (secondary N) is 1. The third kappa shape index (κ3) is 5.70. The molecule has 1 aromatic rings. The van der Waals surface area contributed by atoms with Crippen LogP contribution < -0.4 is 10.1 Å². The number of alkyl halides is 3. The fraction of sp³-hybridized carbons (Fsp3) is 0.455. The number of hydrogen-bond acceptors (Lipinski definition) is 3. The molecule has 1 rings (SSSR count). The highest BCUT2D eigenvalue weighted by molar-refractivity contribution is 9.10. The molecule has 0 aliphatic heterocycles. The van der Waals surface area contributed by atoms with Crippen molar-refractivity contribution in [2.75, 3.05) is 20.3 Å². The molecule has 0 aromatic heterocycles. The molecule has 0 atom stereocenters. The van der Waals surface area contributed by atoms with E-state index in [1.807, 2.05) is 0 Å². The number of rotatable bonds is 6. The number of hydrogen-bond donors (Lipinski definition) is 1. The Morgan fingerprint density at radius 3 is 2.61 bits per heavy atom. The molecule has 7 heteroatoms. The quantitative estimate of drug-likeness (QED) is 0.814. The Balaban J connectivity index is 2.56. The summed E-state index contributed by atoms with van der Waals surface area (Å²) in [6.07, 6.45) is -4.68. The summed E-state index contributed by atoms with van der Waals surface area (Å²) >= 11 is 3.04. The van der Waals surface area contributed by atoms with Crippen molar-refractivity contribution in [3.63, 3.8) is 0 Å². The van der Waals surface area contributed by atoms with Crippen LogP contribution >= 0.6 is 15.9 Å². The first-order valence-electron chi connectivity index (χ1n) is 5.16. The Hall–Kier alpha value is -0.790. The maximum absolute atomic E-state index is 12.0. The fourth-order valence-corrected chi connectivity index (χ4v) is 1.78. The minimum Gasteiger partial charge on any atom is -0.405 e. The van der Waals surface area contributed by atoms with Crippen LogP contribution in [0.4, 0.5) is 13.2 Å². The van der Waals surface area contributed by atoms with Crippen LogP contribution in [-0.2, 0) is 11.3 Å². The van der Waals surface area contributed by atoms with E-state index in [-0.39, 0.29) is 10.2 Å². The summed E-state index contributed by atoms with van der Waals surface area (Å²) < 4.78 is 45.1. The molecule has 0 fully saturated rings. The Bertz CT molecular complexity index is 385. The van der Waals surface area contributed by atoms with Gasteiger partial charge in [-0.05, 0) is 33.6 Å². The summed E-state index contributed by atoms with van der Waals surface area (Å²) in [6.45, 7) is 1.81. The summed E-state index contributed by atoms with van der Waals surface area (Å²) in [5, 5.41) is 3.09. The lowest BCUT2D eigenvalue weighted by atomic mass is 10.2. The first-order chi connectivity index (χ1) is 8.42. The van der Waals surface area contributed by atoms with Gasteiger partial charge in [-0.25, -0.2) is 0 Å². The molecule has 0 saturated carbocycles. The van der Waals surface area contributed by atoms with E-state index in [9.17, 15) is 13.2 Å². The average Bonchev–Trinajstić information content (AvgIpc) is 2.26. The van der Waals surface area contributed by atoms with Gasteiger partial charge >= 0.3 is 6.36 Å². The SMILES string of the molecule is COCCNCc1ccc(OC(F)(F)F)c(Br)c1. The van der Waals surface area contributed by atoms with Gasteiger partial charge in [0.15, 0.2) is 0 Å². The molecule has 18 heavy (non-hydrogen) atoms. The van der Waals surface area contributed by atoms with Crippen LogP contribution in [0.5, 0.6) is 5.75 Å². The maximum Gasteiger partial charge on any atom is 0.573 e. The number of methoxy groups -OCH3 is 1. The zero-order chi connectivity index (χ0) is 13.6. The van der Waals surface area contributed by atoms with Crippen LogP contribution in [0.1, 0.15) is 5.56 Å². The Morgan fingerprint density at radius 1 is 1.33 bits per heavy atom. The highest BCUT2D eigenvalue weighted by Crippen LogP contribution is 2.30. The molecule has 0 heterocycles. The minimum absolute atomic E-state index is 0.247. The molecule has 0 aliphatic carbocycles. The van der Waals surface area contributed by atoms with E-state index < -0.39 is 6.36 Å². The van der Waals surface area contributed by atoms with Crippen LogP contribution in [0.3, 0.4) is 0 Å². The Labute approximate surface area is 111 Å². The normalized spacial score (nSPS) is 11.6. The van der Waals surface area contributed by atoms with Crippen molar-refractivity contribution in [3.05, 3.63) is 28.2 Å². The monoisotopic (exact) mass is 327 g/mol. The van der Waals surface area contributed by atoms with E-state index >= 15 is 0 Å². The predicted octanol–water partition coefficient (Wildman–Crippen LogP) is 3.08. The second-order valence-electron chi connectivity index (χ2n) is 3.48. The summed E-state index contributed by atoms with van der Waals surface area (Å²) in [7, 11) is 1.60. The summed E-state index contributed by atoms with van der Waals surface area (Å²) in [4.78, 5) is 0. The summed E-state index contributed by atoms with van der Waals surface area (Å²) in [5.41, 5.74) is 0.854. The first-order valence-corrected chi connectivity index (χ1v) is 5.95. The molecular weight excluding hydrogens is 315 g/mol. The van der Waals surface area contributed by atoms with Gasteiger partial charge in [-0.3, -0.25) is 0 Å². The van der Waals surface area contributed by atoms with Crippen LogP contribution in [0.15, 0.2) is 22.7 Å². The van der Waals surface area contributed by atoms with Crippen LogP contribution in [0, 0.1) is 0 Å². The zero-order valence-corrected chi connectivity index (χ0v) is 11.3. The molecule has 0 saturated heterocycles. The van der Waals surface area contributed by atoms with Gasteiger partial charge in [-0.1, -0.05) is 6.07 Å². The molecule has 0 unspecified atom stereocenters. The third-order valence-corrected chi connectivity index (χ3v) is 2.65. The highest BCUT2D eigenvalue weighted by Gasteiger charge is 2.31. The standard InChI is InChI=1S/C11H13BrF3NO2/c1-17-5-4-16-7-8-2-3-10(9(12)6-8)18-11(13,14)15/h2-3,6,16H,4-5,7H2,1H3. The van der Waals surface area contributed by atoms with Crippen molar-refractivity contribution in [3.8, 4) is 5.75 Å². The van der Waals surface area contributed by atoms with Gasteiger partial charge in [-0.15, -0.1) is 13.2 Å². The van der Waals surface area contributed by atoms with Crippen LogP contribution in [0.25, 0.3) is 0 Å². The maximum atomic E-state index is 12.0. The molecule has 102 valence electrons. The van der Waals surface area contributed by atoms with Crippen LogP contribution in [0.2, 0.25) is 0 Å². The van der Waals surface area contributed by atoms with E-state index in [4.69, 9.17) is 4.74 Å². The van der Waals surface area contributed by atoms with Crippen molar-refractivity contribution >= 4 is 15.9 Å². The van der Waals surface area contributed by atoms with Crippen molar-refractivity contribution in [2.45, 2.75) is 12.9 Å². The number of benzene rings is 1. The van der Waals surface area contributed by atoms with Crippen LogP contribution in [-0.4, -0.2) is 26.6 Å². The lowest BCUT2D eigenvalue weighted by Gasteiger charge is -2.11. The van der Waals surface area contributed by atoms with Gasteiger partial charge in [0.1, 0.15) is 5.75 Å². The van der Waals surface area contributed by atoms with E-state index in [1.165, 1.54) is 6.07 Å². The number of ether oxygens (including phenoxy) is 2. The molecule has 0 aliphatic rings. The Kier molecular flexibility index (Phi) is 5.90. The van der Waals surface area contributed by atoms with Crippen molar-refractivity contribution in [1.82, 2.24) is 5.32 Å². The largest absolute Gasteiger partial charge is 0.573 e. The fourth-order valence-electron chi connectivity index (χ4n) is 1.27. The van der Waals surface area contributed by atoms with Gasteiger partial charge in [0.2, 0.25) is 0 Å². The lowest BCUT2D eigenvalue weighted by Crippen LogP contribution is -2.19. The molecule has 1 N–H and O–H groups in total. The van der Waals surface area contributed by atoms with Gasteiger partial charge in [0.25, 0.3) is 0 Å². The van der Waals surface area contributed by atoms with Gasteiger partial charge in [0, 0.05) is 20.2 Å². The summed E-state index contributed by atoms with van der Waals surface area (Å²) in [5.74, 6) is -0.247. The second kappa shape index (κ2) is 6.96. The molecule has 3 nitrogen and oxygen atoms in total. The Morgan fingerprint density at radius 2 is 2.06 bits per heavy atom. The second-order valence-corrected chi connectivity index (χ2v) is 4.34. The molecule has 0 amide bonds. The molecule has 0 radical (unpaired) electrons. The average molecular weight is 328 g/mol. The minimum atomic E-state index is -4.68. The summed E-state index contributed by atoms with van der Waals surface area (Å²) in [6, 6.07) is 4.44. The molecule has 0 bridgehead atoms. The predicted molar refractivity (Wildman–Crippen MR) is 64.4 cm³/mol. The number of halogens is 4. The van der Waals surface area contributed by atoms with E-state index in [0.29, 0.717) is 19.7 Å². The van der Waals surface area contributed by atoms with E-state index in [0.717, 1.165) is 5.56 Å². The molecule has 0 spiro atoms.